The molecule has 1 N–H and O–H groups in total. The van der Waals surface area contributed by atoms with Crippen molar-refractivity contribution in [2.24, 2.45) is 0 Å². The first kappa shape index (κ1) is 22.8. The molecule has 0 saturated carbocycles. The molecular weight excluding hydrogens is 460 g/mol. The Labute approximate surface area is 196 Å². The standard InChI is InChI=1S/C24H24N2O3S3/c1-18-7-5-6-10-20(18)17-30-14-13-25-32(28,29)21-11-12-22-23(15-21)31-24(27)26(22)16-19-8-3-2-4-9-19/h2-12,15,25H,13-14,16-17H2,1H3. The summed E-state index contributed by atoms with van der Waals surface area (Å²) >= 11 is 2.77. The van der Waals surface area contributed by atoms with E-state index in [2.05, 4.69) is 23.8 Å². The minimum atomic E-state index is -3.64. The van der Waals surface area contributed by atoms with Crippen LogP contribution in [0.15, 0.2) is 82.5 Å². The van der Waals surface area contributed by atoms with Gasteiger partial charge in [0.15, 0.2) is 0 Å². The first-order valence-corrected chi connectivity index (χ1v) is 13.7. The number of aromatic nitrogens is 1. The summed E-state index contributed by atoms with van der Waals surface area (Å²) in [7, 11) is -3.64. The predicted molar refractivity (Wildman–Crippen MR) is 134 cm³/mol. The molecule has 166 valence electrons. The summed E-state index contributed by atoms with van der Waals surface area (Å²) in [5.74, 6) is 1.53. The third-order valence-corrected chi connectivity index (χ3v) is 8.60. The highest BCUT2D eigenvalue weighted by atomic mass is 32.2. The van der Waals surface area contributed by atoms with Crippen LogP contribution < -0.4 is 9.60 Å². The number of thioether (sulfide) groups is 1. The lowest BCUT2D eigenvalue weighted by Gasteiger charge is -2.09. The summed E-state index contributed by atoms with van der Waals surface area (Å²) in [6.07, 6.45) is 0. The normalized spacial score (nSPS) is 11.8. The zero-order chi connectivity index (χ0) is 22.6. The van der Waals surface area contributed by atoms with Crippen LogP contribution in [-0.2, 0) is 22.3 Å². The second kappa shape index (κ2) is 10.0. The van der Waals surface area contributed by atoms with Crippen molar-refractivity contribution < 1.29 is 8.42 Å². The monoisotopic (exact) mass is 484 g/mol. The topological polar surface area (TPSA) is 68.2 Å². The minimum absolute atomic E-state index is 0.0982. The van der Waals surface area contributed by atoms with Gasteiger partial charge in [-0.2, -0.15) is 11.8 Å². The van der Waals surface area contributed by atoms with Crippen LogP contribution in [0.5, 0.6) is 0 Å². The molecule has 0 fully saturated rings. The molecule has 4 aromatic rings. The second-order valence-electron chi connectivity index (χ2n) is 7.45. The van der Waals surface area contributed by atoms with Crippen molar-refractivity contribution in [2.75, 3.05) is 12.3 Å². The quantitative estimate of drug-likeness (QED) is 0.352. The number of hydrogen-bond acceptors (Lipinski definition) is 5. The van der Waals surface area contributed by atoms with E-state index in [9.17, 15) is 13.2 Å². The lowest BCUT2D eigenvalue weighted by atomic mass is 10.1. The number of sulfonamides is 1. The van der Waals surface area contributed by atoms with E-state index >= 15 is 0 Å². The molecule has 0 radical (unpaired) electrons. The van der Waals surface area contributed by atoms with Crippen LogP contribution >= 0.6 is 23.1 Å². The lowest BCUT2D eigenvalue weighted by Crippen LogP contribution is -2.26. The summed E-state index contributed by atoms with van der Waals surface area (Å²) in [6.45, 7) is 2.89. The van der Waals surface area contributed by atoms with Gasteiger partial charge in [0.2, 0.25) is 10.0 Å². The molecular formula is C24H24N2O3S3. The zero-order valence-corrected chi connectivity index (χ0v) is 20.1. The number of nitrogens with zero attached hydrogens (tertiary/aromatic N) is 1. The molecule has 0 spiro atoms. The van der Waals surface area contributed by atoms with Gasteiger partial charge in [0, 0.05) is 18.1 Å². The Morgan fingerprint density at radius 1 is 1.00 bits per heavy atom. The molecule has 1 aromatic heterocycles. The van der Waals surface area contributed by atoms with Gasteiger partial charge in [0.25, 0.3) is 0 Å². The molecule has 0 unspecified atom stereocenters. The van der Waals surface area contributed by atoms with Crippen molar-refractivity contribution in [2.45, 2.75) is 24.1 Å². The van der Waals surface area contributed by atoms with E-state index in [4.69, 9.17) is 0 Å². The Hall–Kier alpha value is -2.39. The average molecular weight is 485 g/mol. The van der Waals surface area contributed by atoms with Crippen LogP contribution in [0.4, 0.5) is 0 Å². The number of nitrogens with one attached hydrogen (secondary N) is 1. The van der Waals surface area contributed by atoms with Crippen molar-refractivity contribution in [3.63, 3.8) is 0 Å². The van der Waals surface area contributed by atoms with Gasteiger partial charge in [-0.15, -0.1) is 0 Å². The van der Waals surface area contributed by atoms with Gasteiger partial charge < -0.3 is 0 Å². The molecule has 0 amide bonds. The van der Waals surface area contributed by atoms with Crippen LogP contribution in [-0.4, -0.2) is 25.3 Å². The second-order valence-corrected chi connectivity index (χ2v) is 11.3. The van der Waals surface area contributed by atoms with Crippen molar-refractivity contribution in [3.8, 4) is 0 Å². The molecule has 1 heterocycles. The largest absolute Gasteiger partial charge is 0.308 e. The molecule has 5 nitrogen and oxygen atoms in total. The highest BCUT2D eigenvalue weighted by molar-refractivity contribution is 7.98. The molecule has 0 bridgehead atoms. The van der Waals surface area contributed by atoms with Crippen LogP contribution in [0.1, 0.15) is 16.7 Å². The van der Waals surface area contributed by atoms with E-state index < -0.39 is 10.0 Å². The maximum atomic E-state index is 12.7. The number of thiazole rings is 1. The van der Waals surface area contributed by atoms with Crippen LogP contribution in [0.3, 0.4) is 0 Å². The maximum absolute atomic E-state index is 12.7. The number of rotatable bonds is 9. The third kappa shape index (κ3) is 5.32. The van der Waals surface area contributed by atoms with Gasteiger partial charge >= 0.3 is 4.87 Å². The van der Waals surface area contributed by atoms with Gasteiger partial charge in [-0.25, -0.2) is 13.1 Å². The smallest absolute Gasteiger partial charge is 0.294 e. The van der Waals surface area contributed by atoms with Gasteiger partial charge in [-0.05, 0) is 41.8 Å². The number of benzene rings is 3. The summed E-state index contributed by atoms with van der Waals surface area (Å²) in [4.78, 5) is 12.6. The number of aryl methyl sites for hydroxylation is 1. The van der Waals surface area contributed by atoms with E-state index in [-0.39, 0.29) is 9.77 Å². The lowest BCUT2D eigenvalue weighted by molar-refractivity contribution is 0.584. The zero-order valence-electron chi connectivity index (χ0n) is 17.7. The van der Waals surface area contributed by atoms with Gasteiger partial charge in [0.1, 0.15) is 0 Å². The fraction of sp³-hybridized carbons (Fsp3) is 0.208. The molecule has 32 heavy (non-hydrogen) atoms. The highest BCUT2D eigenvalue weighted by Crippen LogP contribution is 2.23. The summed E-state index contributed by atoms with van der Waals surface area (Å²) in [5, 5.41) is 0. The van der Waals surface area contributed by atoms with E-state index in [0.717, 1.165) is 28.2 Å². The van der Waals surface area contributed by atoms with Crippen LogP contribution in [0.2, 0.25) is 0 Å². The first-order chi connectivity index (χ1) is 15.4. The first-order valence-electron chi connectivity index (χ1n) is 10.2. The molecule has 0 aliphatic carbocycles. The fourth-order valence-electron chi connectivity index (χ4n) is 3.42. The van der Waals surface area contributed by atoms with Crippen LogP contribution in [0.25, 0.3) is 10.2 Å². The Morgan fingerprint density at radius 2 is 1.75 bits per heavy atom. The molecule has 8 heteroatoms. The molecule has 0 aliphatic rings. The molecule has 4 rings (SSSR count). The van der Waals surface area contributed by atoms with Gasteiger partial charge in [-0.3, -0.25) is 9.36 Å². The minimum Gasteiger partial charge on any atom is -0.294 e. The van der Waals surface area contributed by atoms with E-state index in [1.807, 2.05) is 42.5 Å². The van der Waals surface area contributed by atoms with Gasteiger partial charge in [-0.1, -0.05) is 65.9 Å². The average Bonchev–Trinajstić information content (AvgIpc) is 3.09. The third-order valence-electron chi connectivity index (χ3n) is 5.19. The Kier molecular flexibility index (Phi) is 7.15. The van der Waals surface area contributed by atoms with Crippen molar-refractivity contribution in [1.82, 2.24) is 9.29 Å². The summed E-state index contributed by atoms with van der Waals surface area (Å²) in [6, 6.07) is 22.8. The molecule has 3 aromatic carbocycles. The molecule has 0 saturated heterocycles. The maximum Gasteiger partial charge on any atom is 0.308 e. The molecule has 0 aliphatic heterocycles. The van der Waals surface area contributed by atoms with Crippen molar-refractivity contribution >= 4 is 43.3 Å². The Bertz CT molecular complexity index is 1380. The Morgan fingerprint density at radius 3 is 2.53 bits per heavy atom. The van der Waals surface area contributed by atoms with E-state index in [1.165, 1.54) is 11.1 Å². The van der Waals surface area contributed by atoms with Crippen molar-refractivity contribution in [3.05, 3.63) is 99.2 Å². The fourth-order valence-corrected chi connectivity index (χ4v) is 6.54. The van der Waals surface area contributed by atoms with E-state index in [0.29, 0.717) is 23.5 Å². The summed E-state index contributed by atoms with van der Waals surface area (Å²) < 4.78 is 30.5. The van der Waals surface area contributed by atoms with E-state index in [1.54, 1.807) is 34.5 Å². The highest BCUT2D eigenvalue weighted by Gasteiger charge is 2.16. The Balaban J connectivity index is 1.41. The van der Waals surface area contributed by atoms with Crippen molar-refractivity contribution in [1.29, 1.82) is 0 Å². The summed E-state index contributed by atoms with van der Waals surface area (Å²) in [5.41, 5.74) is 4.28. The van der Waals surface area contributed by atoms with Gasteiger partial charge in [0.05, 0.1) is 21.7 Å². The number of fused-ring (bicyclic) bond motifs is 1. The predicted octanol–water partition coefficient (Wildman–Crippen LogP) is 4.63. The SMILES string of the molecule is Cc1ccccc1CSCCNS(=O)(=O)c1ccc2c(c1)sc(=O)n2Cc1ccccc1. The number of hydrogen-bond donors (Lipinski definition) is 1. The molecule has 0 atom stereocenters. The van der Waals surface area contributed by atoms with Crippen LogP contribution in [0, 0.1) is 6.92 Å².